The van der Waals surface area contributed by atoms with E-state index >= 15 is 0 Å². The first-order valence-electron chi connectivity index (χ1n) is 4.36. The quantitative estimate of drug-likeness (QED) is 0.850. The Labute approximate surface area is 113 Å². The fraction of sp³-hybridized carbons (Fsp3) is 0.333. The van der Waals surface area contributed by atoms with Gasteiger partial charge in [-0.15, -0.1) is 0 Å². The van der Waals surface area contributed by atoms with Crippen LogP contribution in [0.4, 0.5) is 0 Å². The summed E-state index contributed by atoms with van der Waals surface area (Å²) in [4.78, 5) is 0. The molecule has 7 heteroatoms. The smallest absolute Gasteiger partial charge is 0.212 e. The molecule has 90 valence electrons. The maximum Gasteiger partial charge on any atom is 0.222 e. The SMILES string of the molecule is CC(NS(=O)(=O)CBr)c1ccc(Cl)c(Cl)c1. The van der Waals surface area contributed by atoms with E-state index in [0.717, 1.165) is 5.56 Å². The van der Waals surface area contributed by atoms with Gasteiger partial charge in [-0.1, -0.05) is 45.2 Å². The third kappa shape index (κ3) is 3.89. The molecule has 0 aliphatic carbocycles. The van der Waals surface area contributed by atoms with Gasteiger partial charge in [0.05, 0.1) is 10.0 Å². The van der Waals surface area contributed by atoms with E-state index < -0.39 is 10.0 Å². The topological polar surface area (TPSA) is 46.2 Å². The van der Waals surface area contributed by atoms with Crippen molar-refractivity contribution in [1.82, 2.24) is 4.72 Å². The Balaban J connectivity index is 2.89. The Bertz CT molecular complexity index is 478. The van der Waals surface area contributed by atoms with Crippen molar-refractivity contribution in [1.29, 1.82) is 0 Å². The lowest BCUT2D eigenvalue weighted by atomic mass is 10.1. The summed E-state index contributed by atoms with van der Waals surface area (Å²) in [6.07, 6.45) is 0. The zero-order valence-corrected chi connectivity index (χ0v) is 12.3. The lowest BCUT2D eigenvalue weighted by Crippen LogP contribution is -2.27. The van der Waals surface area contributed by atoms with Crippen LogP contribution < -0.4 is 4.72 Å². The van der Waals surface area contributed by atoms with Crippen molar-refractivity contribution in [2.75, 3.05) is 4.66 Å². The number of hydrogen-bond acceptors (Lipinski definition) is 2. The van der Waals surface area contributed by atoms with Gasteiger partial charge < -0.3 is 0 Å². The van der Waals surface area contributed by atoms with Crippen LogP contribution in [0.25, 0.3) is 0 Å². The lowest BCUT2D eigenvalue weighted by Gasteiger charge is -2.13. The van der Waals surface area contributed by atoms with Gasteiger partial charge in [-0.2, -0.15) is 0 Å². The largest absolute Gasteiger partial charge is 0.222 e. The predicted octanol–water partition coefficient (Wildman–Crippen LogP) is 3.33. The molecule has 0 amide bonds. The van der Waals surface area contributed by atoms with E-state index in [1.165, 1.54) is 0 Å². The third-order valence-electron chi connectivity index (χ3n) is 1.94. The van der Waals surface area contributed by atoms with E-state index in [2.05, 4.69) is 20.7 Å². The molecule has 16 heavy (non-hydrogen) atoms. The normalized spacial score (nSPS) is 13.8. The van der Waals surface area contributed by atoms with E-state index in [-0.39, 0.29) is 10.7 Å². The van der Waals surface area contributed by atoms with E-state index in [1.54, 1.807) is 25.1 Å². The number of nitrogens with one attached hydrogen (secondary N) is 1. The summed E-state index contributed by atoms with van der Waals surface area (Å²) < 4.78 is 25.0. The second-order valence-corrected chi connectivity index (χ2v) is 7.11. The van der Waals surface area contributed by atoms with Gasteiger partial charge in [0.25, 0.3) is 0 Å². The molecule has 1 aromatic carbocycles. The number of sulfonamides is 1. The van der Waals surface area contributed by atoms with Gasteiger partial charge >= 0.3 is 0 Å². The molecule has 1 N–H and O–H groups in total. The minimum atomic E-state index is -3.30. The standard InChI is InChI=1S/C9H10BrCl2NO2S/c1-6(13-16(14,15)5-10)7-2-3-8(11)9(12)4-7/h2-4,6,13H,5H2,1H3. The van der Waals surface area contributed by atoms with Crippen molar-refractivity contribution in [2.45, 2.75) is 13.0 Å². The van der Waals surface area contributed by atoms with Gasteiger partial charge in [0.1, 0.15) is 4.66 Å². The Hall–Kier alpha value is 0.190. The molecule has 0 heterocycles. The number of halogens is 3. The van der Waals surface area contributed by atoms with E-state index in [4.69, 9.17) is 23.2 Å². The molecular formula is C9H10BrCl2NO2S. The van der Waals surface area contributed by atoms with Gasteiger partial charge in [-0.3, -0.25) is 0 Å². The summed E-state index contributed by atoms with van der Waals surface area (Å²) in [7, 11) is -3.30. The molecule has 0 aromatic heterocycles. The highest BCUT2D eigenvalue weighted by molar-refractivity contribution is 9.10. The fourth-order valence-electron chi connectivity index (χ4n) is 1.15. The molecule has 0 radical (unpaired) electrons. The van der Waals surface area contributed by atoms with E-state index in [9.17, 15) is 8.42 Å². The Morgan fingerprint density at radius 1 is 1.38 bits per heavy atom. The summed E-state index contributed by atoms with van der Waals surface area (Å²) in [6.45, 7) is 1.74. The molecule has 0 fully saturated rings. The molecule has 0 aliphatic rings. The van der Waals surface area contributed by atoms with Crippen LogP contribution in [0, 0.1) is 0 Å². The average molecular weight is 347 g/mol. The van der Waals surface area contributed by atoms with Crippen LogP contribution in [0.3, 0.4) is 0 Å². The third-order valence-corrected chi connectivity index (χ3v) is 5.49. The second kappa shape index (κ2) is 5.69. The molecule has 0 spiro atoms. The second-order valence-electron chi connectivity index (χ2n) is 3.24. The monoisotopic (exact) mass is 345 g/mol. The molecule has 1 rings (SSSR count). The van der Waals surface area contributed by atoms with Crippen molar-refractivity contribution in [3.8, 4) is 0 Å². The summed E-state index contributed by atoms with van der Waals surface area (Å²) in [5, 5.41) is 0.852. The average Bonchev–Trinajstić information content (AvgIpc) is 2.21. The first-order valence-corrected chi connectivity index (χ1v) is 7.89. The molecule has 1 atom stereocenters. The number of alkyl halides is 1. The van der Waals surface area contributed by atoms with Gasteiger partial charge in [0, 0.05) is 6.04 Å². The Morgan fingerprint density at radius 3 is 2.50 bits per heavy atom. The summed E-state index contributed by atoms with van der Waals surface area (Å²) >= 11 is 14.5. The highest BCUT2D eigenvalue weighted by Gasteiger charge is 2.14. The molecule has 0 saturated heterocycles. The molecule has 0 bridgehead atoms. The highest BCUT2D eigenvalue weighted by Crippen LogP contribution is 2.25. The van der Waals surface area contributed by atoms with Crippen LogP contribution in [0.15, 0.2) is 18.2 Å². The van der Waals surface area contributed by atoms with Crippen LogP contribution in [0.5, 0.6) is 0 Å². The van der Waals surface area contributed by atoms with Crippen LogP contribution in [-0.4, -0.2) is 13.1 Å². The van der Waals surface area contributed by atoms with Crippen molar-refractivity contribution >= 4 is 49.2 Å². The minimum Gasteiger partial charge on any atom is -0.212 e. The molecular weight excluding hydrogens is 337 g/mol. The van der Waals surface area contributed by atoms with Crippen LogP contribution in [-0.2, 0) is 10.0 Å². The van der Waals surface area contributed by atoms with Gasteiger partial charge in [0.15, 0.2) is 0 Å². The van der Waals surface area contributed by atoms with Gasteiger partial charge in [-0.25, -0.2) is 13.1 Å². The molecule has 0 aliphatic heterocycles. The van der Waals surface area contributed by atoms with Crippen LogP contribution in [0.2, 0.25) is 10.0 Å². The maximum absolute atomic E-state index is 11.3. The Morgan fingerprint density at radius 2 is 2.00 bits per heavy atom. The zero-order chi connectivity index (χ0) is 12.3. The van der Waals surface area contributed by atoms with E-state index in [0.29, 0.717) is 10.0 Å². The molecule has 3 nitrogen and oxygen atoms in total. The van der Waals surface area contributed by atoms with Crippen molar-refractivity contribution < 1.29 is 8.42 Å². The highest BCUT2D eigenvalue weighted by atomic mass is 79.9. The zero-order valence-electron chi connectivity index (χ0n) is 8.38. The van der Waals surface area contributed by atoms with Crippen molar-refractivity contribution in [3.63, 3.8) is 0 Å². The number of rotatable bonds is 4. The molecule has 1 aromatic rings. The summed E-state index contributed by atoms with van der Waals surface area (Å²) in [6, 6.07) is 4.66. The lowest BCUT2D eigenvalue weighted by molar-refractivity contribution is 0.572. The number of benzene rings is 1. The summed E-state index contributed by atoms with van der Waals surface area (Å²) in [5.74, 6) is 0. The van der Waals surface area contributed by atoms with Gasteiger partial charge in [-0.05, 0) is 24.6 Å². The number of hydrogen-bond donors (Lipinski definition) is 1. The first-order chi connectivity index (χ1) is 7.35. The summed E-state index contributed by atoms with van der Waals surface area (Å²) in [5.41, 5.74) is 0.763. The fourth-order valence-corrected chi connectivity index (χ4v) is 2.59. The van der Waals surface area contributed by atoms with E-state index in [1.807, 2.05) is 0 Å². The first kappa shape index (κ1) is 14.3. The maximum atomic E-state index is 11.3. The van der Waals surface area contributed by atoms with Crippen LogP contribution in [0.1, 0.15) is 18.5 Å². The molecule has 1 unspecified atom stereocenters. The van der Waals surface area contributed by atoms with Gasteiger partial charge in [0.2, 0.25) is 10.0 Å². The molecule has 0 saturated carbocycles. The van der Waals surface area contributed by atoms with Crippen LogP contribution >= 0.6 is 39.1 Å². The van der Waals surface area contributed by atoms with Crippen molar-refractivity contribution in [2.24, 2.45) is 0 Å². The minimum absolute atomic E-state index is 0.133. The predicted molar refractivity (Wildman–Crippen MR) is 70.7 cm³/mol. The Kier molecular flexibility index (Phi) is 5.07. The van der Waals surface area contributed by atoms with Crippen molar-refractivity contribution in [3.05, 3.63) is 33.8 Å².